The van der Waals surface area contributed by atoms with E-state index in [1.54, 1.807) is 49.0 Å². The van der Waals surface area contributed by atoms with Gasteiger partial charge in [0.05, 0.1) is 17.9 Å². The number of benzene rings is 1. The predicted octanol–water partition coefficient (Wildman–Crippen LogP) is 3.15. The molecule has 6 nitrogen and oxygen atoms in total. The summed E-state index contributed by atoms with van der Waals surface area (Å²) >= 11 is 0. The molecule has 2 rings (SSSR count). The Hall–Kier alpha value is -2.63. The van der Waals surface area contributed by atoms with Crippen LogP contribution in [-0.4, -0.2) is 28.3 Å². The van der Waals surface area contributed by atoms with E-state index < -0.39 is 5.97 Å². The van der Waals surface area contributed by atoms with E-state index in [4.69, 9.17) is 4.74 Å². The molecule has 0 aliphatic rings. The summed E-state index contributed by atoms with van der Waals surface area (Å²) in [4.78, 5) is 24.3. The van der Waals surface area contributed by atoms with Crippen LogP contribution < -0.4 is 5.32 Å². The second-order valence-corrected chi connectivity index (χ2v) is 6.54. The first-order valence-corrected chi connectivity index (χ1v) is 7.85. The molecule has 1 aromatic heterocycles. The van der Waals surface area contributed by atoms with E-state index in [1.165, 1.54) is 0 Å². The van der Waals surface area contributed by atoms with Crippen molar-refractivity contribution in [3.63, 3.8) is 0 Å². The van der Waals surface area contributed by atoms with Crippen molar-refractivity contribution in [2.24, 2.45) is 7.05 Å². The number of aromatic nitrogens is 2. The third-order valence-electron chi connectivity index (χ3n) is 3.51. The second-order valence-electron chi connectivity index (χ2n) is 6.54. The minimum atomic E-state index is -0.413. The van der Waals surface area contributed by atoms with Crippen molar-refractivity contribution >= 4 is 17.6 Å². The number of carbonyl (C=O) groups excluding carboxylic acids is 2. The van der Waals surface area contributed by atoms with Crippen LogP contribution >= 0.6 is 0 Å². The molecular formula is C18H23N3O3. The predicted molar refractivity (Wildman–Crippen MR) is 92.3 cm³/mol. The van der Waals surface area contributed by atoms with Gasteiger partial charge in [-0.3, -0.25) is 9.48 Å². The van der Waals surface area contributed by atoms with Crippen LogP contribution in [0.5, 0.6) is 0 Å². The number of aryl methyl sites for hydroxylation is 1. The molecule has 6 heteroatoms. The summed E-state index contributed by atoms with van der Waals surface area (Å²) in [6.07, 6.45) is 0. The van der Waals surface area contributed by atoms with E-state index in [0.717, 1.165) is 5.69 Å². The second kappa shape index (κ2) is 6.86. The van der Waals surface area contributed by atoms with Crippen molar-refractivity contribution in [1.82, 2.24) is 9.78 Å². The van der Waals surface area contributed by atoms with Gasteiger partial charge >= 0.3 is 5.97 Å². The number of ether oxygens (including phenoxy) is 1. The monoisotopic (exact) mass is 329 g/mol. The third-order valence-corrected chi connectivity index (χ3v) is 3.51. The molecule has 2 aromatic rings. The average Bonchev–Trinajstić information content (AvgIpc) is 2.90. The van der Waals surface area contributed by atoms with Crippen LogP contribution in [-0.2, 0) is 17.2 Å². The Kier molecular flexibility index (Phi) is 5.07. The Labute approximate surface area is 141 Å². The molecule has 0 atom stereocenters. The number of carbonyl (C=O) groups is 2. The molecule has 0 saturated heterocycles. The summed E-state index contributed by atoms with van der Waals surface area (Å²) in [5, 5.41) is 7.19. The van der Waals surface area contributed by atoms with Crippen LogP contribution in [0, 0.1) is 0 Å². The van der Waals surface area contributed by atoms with E-state index in [2.05, 4.69) is 10.4 Å². The Morgan fingerprint density at radius 2 is 1.96 bits per heavy atom. The van der Waals surface area contributed by atoms with Gasteiger partial charge in [-0.2, -0.15) is 5.10 Å². The van der Waals surface area contributed by atoms with Crippen molar-refractivity contribution in [1.29, 1.82) is 0 Å². The molecule has 0 unspecified atom stereocenters. The number of rotatable bonds is 4. The van der Waals surface area contributed by atoms with Gasteiger partial charge in [0.25, 0.3) is 5.91 Å². The maximum Gasteiger partial charge on any atom is 0.338 e. The molecule has 0 radical (unpaired) electrons. The molecular weight excluding hydrogens is 306 g/mol. The van der Waals surface area contributed by atoms with Gasteiger partial charge in [0.1, 0.15) is 5.69 Å². The zero-order valence-electron chi connectivity index (χ0n) is 14.7. The van der Waals surface area contributed by atoms with Gasteiger partial charge in [-0.25, -0.2) is 4.79 Å². The smallest absolute Gasteiger partial charge is 0.338 e. The van der Waals surface area contributed by atoms with E-state index in [-0.39, 0.29) is 11.3 Å². The minimum Gasteiger partial charge on any atom is -0.462 e. The lowest BCUT2D eigenvalue weighted by Gasteiger charge is -2.13. The van der Waals surface area contributed by atoms with Gasteiger partial charge < -0.3 is 10.1 Å². The Bertz CT molecular complexity index is 757. The van der Waals surface area contributed by atoms with Crippen molar-refractivity contribution in [3.8, 4) is 0 Å². The number of esters is 1. The molecule has 0 spiro atoms. The zero-order valence-corrected chi connectivity index (χ0v) is 14.7. The molecule has 1 N–H and O–H groups in total. The Balaban J connectivity index is 2.20. The fourth-order valence-corrected chi connectivity index (χ4v) is 2.18. The molecule has 0 aliphatic carbocycles. The normalized spacial score (nSPS) is 11.2. The molecule has 0 bridgehead atoms. The maximum atomic E-state index is 12.5. The topological polar surface area (TPSA) is 73.2 Å². The fourth-order valence-electron chi connectivity index (χ4n) is 2.18. The van der Waals surface area contributed by atoms with E-state index in [1.807, 2.05) is 20.8 Å². The molecule has 24 heavy (non-hydrogen) atoms. The summed E-state index contributed by atoms with van der Waals surface area (Å²) in [6, 6.07) is 8.45. The van der Waals surface area contributed by atoms with Crippen LogP contribution in [0.25, 0.3) is 0 Å². The van der Waals surface area contributed by atoms with Gasteiger partial charge in [-0.05, 0) is 31.2 Å². The molecule has 1 amide bonds. The van der Waals surface area contributed by atoms with Crippen molar-refractivity contribution in [3.05, 3.63) is 47.3 Å². The van der Waals surface area contributed by atoms with Crippen molar-refractivity contribution < 1.29 is 14.3 Å². The number of hydrogen-bond acceptors (Lipinski definition) is 4. The SMILES string of the molecule is CCOC(=O)c1cccc(NC(=O)c2cc(C(C)(C)C)nn2C)c1. The maximum absolute atomic E-state index is 12.5. The van der Waals surface area contributed by atoms with Crippen LogP contribution in [0.3, 0.4) is 0 Å². The van der Waals surface area contributed by atoms with Crippen LogP contribution in [0.2, 0.25) is 0 Å². The molecule has 1 heterocycles. The average molecular weight is 329 g/mol. The minimum absolute atomic E-state index is 0.139. The highest BCUT2D eigenvalue weighted by atomic mass is 16.5. The first-order chi connectivity index (χ1) is 11.2. The third kappa shape index (κ3) is 4.01. The molecule has 128 valence electrons. The Morgan fingerprint density at radius 3 is 2.54 bits per heavy atom. The standard InChI is InChI=1S/C18H23N3O3/c1-6-24-17(23)12-8-7-9-13(10-12)19-16(22)14-11-15(18(2,3)4)20-21(14)5/h7-11H,6H2,1-5H3,(H,19,22). The Morgan fingerprint density at radius 1 is 1.25 bits per heavy atom. The number of amides is 1. The van der Waals surface area contributed by atoms with E-state index >= 15 is 0 Å². The van der Waals surface area contributed by atoms with Gasteiger partial charge in [0.15, 0.2) is 0 Å². The molecule has 0 fully saturated rings. The summed E-state index contributed by atoms with van der Waals surface area (Å²) in [5.74, 6) is -0.689. The van der Waals surface area contributed by atoms with Crippen LogP contribution in [0.15, 0.2) is 30.3 Å². The molecule has 0 aliphatic heterocycles. The molecule has 1 aromatic carbocycles. The highest BCUT2D eigenvalue weighted by Gasteiger charge is 2.21. The highest BCUT2D eigenvalue weighted by Crippen LogP contribution is 2.22. The quantitative estimate of drug-likeness (QED) is 0.875. The first-order valence-electron chi connectivity index (χ1n) is 7.85. The largest absolute Gasteiger partial charge is 0.462 e. The summed E-state index contributed by atoms with van der Waals surface area (Å²) in [5.41, 5.74) is 2.09. The summed E-state index contributed by atoms with van der Waals surface area (Å²) in [6.45, 7) is 8.18. The van der Waals surface area contributed by atoms with E-state index in [0.29, 0.717) is 23.6 Å². The lowest BCUT2D eigenvalue weighted by molar-refractivity contribution is 0.0526. The van der Waals surface area contributed by atoms with Gasteiger partial charge in [-0.15, -0.1) is 0 Å². The van der Waals surface area contributed by atoms with Gasteiger partial charge in [0, 0.05) is 18.2 Å². The van der Waals surface area contributed by atoms with Crippen molar-refractivity contribution in [2.45, 2.75) is 33.1 Å². The number of nitrogens with one attached hydrogen (secondary N) is 1. The van der Waals surface area contributed by atoms with Gasteiger partial charge in [-0.1, -0.05) is 26.8 Å². The van der Waals surface area contributed by atoms with Crippen LogP contribution in [0.1, 0.15) is 54.2 Å². The number of nitrogens with zero attached hydrogens (tertiary/aromatic N) is 2. The number of hydrogen-bond donors (Lipinski definition) is 1. The lowest BCUT2D eigenvalue weighted by Crippen LogP contribution is -2.16. The summed E-state index contributed by atoms with van der Waals surface area (Å²) < 4.78 is 6.53. The highest BCUT2D eigenvalue weighted by molar-refractivity contribution is 6.03. The lowest BCUT2D eigenvalue weighted by atomic mass is 9.92. The fraction of sp³-hybridized carbons (Fsp3) is 0.389. The molecule has 0 saturated carbocycles. The van der Waals surface area contributed by atoms with Crippen LogP contribution in [0.4, 0.5) is 5.69 Å². The van der Waals surface area contributed by atoms with Crippen molar-refractivity contribution in [2.75, 3.05) is 11.9 Å². The first kappa shape index (κ1) is 17.7. The number of anilines is 1. The van der Waals surface area contributed by atoms with Gasteiger partial charge in [0.2, 0.25) is 0 Å². The van der Waals surface area contributed by atoms with E-state index in [9.17, 15) is 9.59 Å². The zero-order chi connectivity index (χ0) is 17.9. The summed E-state index contributed by atoms with van der Waals surface area (Å²) in [7, 11) is 1.74.